The zero-order valence-electron chi connectivity index (χ0n) is 13.7. The van der Waals surface area contributed by atoms with E-state index in [2.05, 4.69) is 10.1 Å². The van der Waals surface area contributed by atoms with Gasteiger partial charge in [0.15, 0.2) is 0 Å². The molecular weight excluding hydrogens is 358 g/mol. The molecular formula is C18H16ClN3O2S. The summed E-state index contributed by atoms with van der Waals surface area (Å²) in [6.45, 7) is 0. The Hall–Kier alpha value is -2.57. The number of rotatable bonds is 5. The van der Waals surface area contributed by atoms with E-state index in [9.17, 15) is 0 Å². The average Bonchev–Trinajstić information content (AvgIpc) is 3.01. The fourth-order valence-corrected chi connectivity index (χ4v) is 2.69. The Labute approximate surface area is 155 Å². The van der Waals surface area contributed by atoms with Crippen molar-refractivity contribution in [2.24, 2.45) is 0 Å². The van der Waals surface area contributed by atoms with E-state index in [-0.39, 0.29) is 0 Å². The van der Waals surface area contributed by atoms with Crippen LogP contribution >= 0.6 is 23.8 Å². The monoisotopic (exact) mass is 373 g/mol. The minimum absolute atomic E-state index is 0.430. The number of ether oxygens (including phenoxy) is 2. The number of aromatic amines is 1. The molecule has 0 unspecified atom stereocenters. The lowest BCUT2D eigenvalue weighted by Gasteiger charge is -2.06. The largest absolute Gasteiger partial charge is 0.497 e. The van der Waals surface area contributed by atoms with Crippen molar-refractivity contribution in [2.45, 2.75) is 0 Å². The Morgan fingerprint density at radius 3 is 2.52 bits per heavy atom. The molecule has 1 aromatic heterocycles. The minimum Gasteiger partial charge on any atom is -0.497 e. The van der Waals surface area contributed by atoms with Crippen LogP contribution in [-0.2, 0) is 0 Å². The third kappa shape index (κ3) is 3.92. The summed E-state index contributed by atoms with van der Waals surface area (Å²) in [5, 5.41) is 3.82. The average molecular weight is 374 g/mol. The molecule has 25 heavy (non-hydrogen) atoms. The lowest BCUT2D eigenvalue weighted by atomic mass is 10.1. The van der Waals surface area contributed by atoms with Crippen LogP contribution < -0.4 is 9.47 Å². The summed E-state index contributed by atoms with van der Waals surface area (Å²) in [6, 6.07) is 12.9. The topological polar surface area (TPSA) is 52.1 Å². The quantitative estimate of drug-likeness (QED) is 0.654. The summed E-state index contributed by atoms with van der Waals surface area (Å²) in [5.41, 5.74) is 1.74. The summed E-state index contributed by atoms with van der Waals surface area (Å²) in [5.74, 6) is 2.12. The molecule has 0 radical (unpaired) electrons. The van der Waals surface area contributed by atoms with Crippen LogP contribution in [0.5, 0.6) is 11.5 Å². The van der Waals surface area contributed by atoms with Crippen LogP contribution in [0.4, 0.5) is 0 Å². The highest BCUT2D eigenvalue weighted by Crippen LogP contribution is 2.25. The molecule has 0 bridgehead atoms. The van der Waals surface area contributed by atoms with Crippen LogP contribution in [0.2, 0.25) is 5.02 Å². The molecule has 0 fully saturated rings. The lowest BCUT2D eigenvalue weighted by molar-refractivity contribution is 0.402. The van der Waals surface area contributed by atoms with Gasteiger partial charge >= 0.3 is 0 Å². The van der Waals surface area contributed by atoms with E-state index in [1.807, 2.05) is 42.5 Å². The van der Waals surface area contributed by atoms with E-state index in [4.69, 9.17) is 33.3 Å². The highest BCUT2D eigenvalue weighted by atomic mass is 35.5. The van der Waals surface area contributed by atoms with Crippen molar-refractivity contribution in [3.05, 3.63) is 63.6 Å². The fourth-order valence-electron chi connectivity index (χ4n) is 2.32. The Balaban J connectivity index is 1.92. The first-order valence-electron chi connectivity index (χ1n) is 7.46. The lowest BCUT2D eigenvalue weighted by Crippen LogP contribution is -1.96. The first kappa shape index (κ1) is 17.3. The number of benzene rings is 2. The van der Waals surface area contributed by atoms with Gasteiger partial charge in [0, 0.05) is 10.6 Å². The molecule has 5 nitrogen and oxygen atoms in total. The molecule has 1 N–H and O–H groups in total. The number of methoxy groups -OCH3 is 2. The standard InChI is InChI=1S/C18H16ClN3O2S/c1-23-15-8-9-16(24-2)12(11-15)3-10-17-20-18(25)22(21-17)14-6-4-13(19)5-7-14/h3-11H,1-2H3,(H,20,21,25)/b10-3+. The Bertz CT molecular complexity index is 961. The first-order chi connectivity index (χ1) is 12.1. The van der Waals surface area contributed by atoms with Crippen molar-refractivity contribution in [2.75, 3.05) is 14.2 Å². The van der Waals surface area contributed by atoms with E-state index >= 15 is 0 Å². The van der Waals surface area contributed by atoms with Crippen molar-refractivity contribution in [1.29, 1.82) is 0 Å². The van der Waals surface area contributed by atoms with Crippen LogP contribution in [-0.4, -0.2) is 29.0 Å². The number of halogens is 1. The van der Waals surface area contributed by atoms with Gasteiger partial charge in [-0.05, 0) is 66.8 Å². The van der Waals surface area contributed by atoms with E-state index in [0.717, 1.165) is 22.7 Å². The molecule has 0 aliphatic heterocycles. The maximum Gasteiger partial charge on any atom is 0.221 e. The van der Waals surface area contributed by atoms with Crippen molar-refractivity contribution in [3.63, 3.8) is 0 Å². The van der Waals surface area contributed by atoms with Crippen LogP contribution in [0.3, 0.4) is 0 Å². The van der Waals surface area contributed by atoms with Gasteiger partial charge in [-0.15, -0.1) is 0 Å². The molecule has 128 valence electrons. The summed E-state index contributed by atoms with van der Waals surface area (Å²) in [7, 11) is 3.25. The molecule has 3 aromatic rings. The van der Waals surface area contributed by atoms with Gasteiger partial charge in [0.05, 0.1) is 19.9 Å². The van der Waals surface area contributed by atoms with E-state index in [1.165, 1.54) is 0 Å². The number of nitrogens with one attached hydrogen (secondary N) is 1. The highest BCUT2D eigenvalue weighted by molar-refractivity contribution is 7.71. The molecule has 0 atom stereocenters. The second kappa shape index (κ2) is 7.55. The molecule has 0 amide bonds. The highest BCUT2D eigenvalue weighted by Gasteiger charge is 2.05. The number of hydrogen-bond donors (Lipinski definition) is 1. The summed E-state index contributed by atoms with van der Waals surface area (Å²) >= 11 is 11.2. The minimum atomic E-state index is 0.430. The van der Waals surface area contributed by atoms with Gasteiger partial charge in [-0.3, -0.25) is 5.10 Å². The number of H-pyrrole nitrogens is 1. The van der Waals surface area contributed by atoms with Gasteiger partial charge in [0.1, 0.15) is 17.3 Å². The smallest absolute Gasteiger partial charge is 0.221 e. The van der Waals surface area contributed by atoms with Crippen LogP contribution in [0.15, 0.2) is 42.5 Å². The Kier molecular flexibility index (Phi) is 5.21. The van der Waals surface area contributed by atoms with Crippen molar-refractivity contribution < 1.29 is 9.47 Å². The second-order valence-electron chi connectivity index (χ2n) is 5.14. The Morgan fingerprint density at radius 2 is 1.84 bits per heavy atom. The molecule has 0 spiro atoms. The zero-order chi connectivity index (χ0) is 17.8. The van der Waals surface area contributed by atoms with Crippen LogP contribution in [0.1, 0.15) is 11.4 Å². The fraction of sp³-hybridized carbons (Fsp3) is 0.111. The van der Waals surface area contributed by atoms with Crippen LogP contribution in [0.25, 0.3) is 17.8 Å². The maximum atomic E-state index is 5.92. The normalized spacial score (nSPS) is 11.0. The third-order valence-corrected chi connectivity index (χ3v) is 4.10. The first-order valence-corrected chi connectivity index (χ1v) is 8.24. The predicted molar refractivity (Wildman–Crippen MR) is 102 cm³/mol. The second-order valence-corrected chi connectivity index (χ2v) is 5.95. The van der Waals surface area contributed by atoms with Gasteiger partial charge in [-0.2, -0.15) is 4.98 Å². The zero-order valence-corrected chi connectivity index (χ0v) is 15.3. The summed E-state index contributed by atoms with van der Waals surface area (Å²) in [4.78, 5) is 4.35. The van der Waals surface area contributed by atoms with Gasteiger partial charge in [0.25, 0.3) is 0 Å². The molecule has 0 aliphatic rings. The van der Waals surface area contributed by atoms with Gasteiger partial charge in [-0.1, -0.05) is 11.6 Å². The summed E-state index contributed by atoms with van der Waals surface area (Å²) < 4.78 is 12.8. The SMILES string of the molecule is COc1ccc(OC)c(/C=C/c2nc(=S)n(-c3ccc(Cl)cc3)[nH]2)c1. The van der Waals surface area contributed by atoms with E-state index < -0.39 is 0 Å². The molecule has 2 aromatic carbocycles. The molecule has 0 saturated heterocycles. The van der Waals surface area contributed by atoms with E-state index in [1.54, 1.807) is 31.0 Å². The van der Waals surface area contributed by atoms with Crippen molar-refractivity contribution in [3.8, 4) is 17.2 Å². The summed E-state index contributed by atoms with van der Waals surface area (Å²) in [6.07, 6.45) is 3.72. The number of nitrogens with zero attached hydrogens (tertiary/aromatic N) is 2. The van der Waals surface area contributed by atoms with Crippen molar-refractivity contribution >= 4 is 36.0 Å². The number of hydrogen-bond acceptors (Lipinski definition) is 4. The maximum absolute atomic E-state index is 5.92. The molecule has 7 heteroatoms. The molecule has 1 heterocycles. The molecule has 0 saturated carbocycles. The molecule has 3 rings (SSSR count). The third-order valence-electron chi connectivity index (χ3n) is 3.58. The van der Waals surface area contributed by atoms with Crippen LogP contribution in [0, 0.1) is 4.77 Å². The van der Waals surface area contributed by atoms with E-state index in [0.29, 0.717) is 15.6 Å². The molecule has 0 aliphatic carbocycles. The Morgan fingerprint density at radius 1 is 1.08 bits per heavy atom. The van der Waals surface area contributed by atoms with Gasteiger partial charge < -0.3 is 9.47 Å². The number of aromatic nitrogens is 3. The van der Waals surface area contributed by atoms with Gasteiger partial charge in [-0.25, -0.2) is 4.68 Å². The van der Waals surface area contributed by atoms with Crippen molar-refractivity contribution in [1.82, 2.24) is 14.8 Å². The predicted octanol–water partition coefficient (Wildman–Crippen LogP) is 4.77. The van der Waals surface area contributed by atoms with Gasteiger partial charge in [0.2, 0.25) is 4.77 Å².